The van der Waals surface area contributed by atoms with Crippen molar-refractivity contribution in [3.63, 3.8) is 0 Å². The van der Waals surface area contributed by atoms with E-state index in [4.69, 9.17) is 9.47 Å². The summed E-state index contributed by atoms with van der Waals surface area (Å²) in [7, 11) is 0. The van der Waals surface area contributed by atoms with Crippen molar-refractivity contribution in [2.45, 2.75) is 26.4 Å². The molecule has 0 radical (unpaired) electrons. The predicted molar refractivity (Wildman–Crippen MR) is 79.4 cm³/mol. The van der Waals surface area contributed by atoms with Gasteiger partial charge in [-0.15, -0.1) is 0 Å². The molecule has 0 amide bonds. The number of rotatable bonds is 6. The third kappa shape index (κ3) is 3.75. The van der Waals surface area contributed by atoms with Gasteiger partial charge >= 0.3 is 0 Å². The molecule has 2 rings (SSSR count). The number of aliphatic hydroxyl groups is 1. The van der Waals surface area contributed by atoms with E-state index in [1.165, 1.54) is 0 Å². The maximum atomic E-state index is 9.74. The summed E-state index contributed by atoms with van der Waals surface area (Å²) in [6.45, 7) is 4.56. The van der Waals surface area contributed by atoms with Crippen LogP contribution in [0.25, 0.3) is 0 Å². The Morgan fingerprint density at radius 2 is 1.35 bits per heavy atom. The van der Waals surface area contributed by atoms with Crippen LogP contribution in [0.3, 0.4) is 0 Å². The lowest BCUT2D eigenvalue weighted by atomic mass is 10.1. The summed E-state index contributed by atoms with van der Waals surface area (Å²) in [5, 5.41) is 9.74. The summed E-state index contributed by atoms with van der Waals surface area (Å²) in [4.78, 5) is 0. The zero-order chi connectivity index (χ0) is 14.4. The molecule has 106 valence electrons. The molecule has 2 aromatic rings. The molecule has 0 saturated carbocycles. The molecular formula is C17H20O3. The van der Waals surface area contributed by atoms with Gasteiger partial charge in [-0.2, -0.15) is 0 Å². The number of hydrogen-bond donors (Lipinski definition) is 1. The molecule has 2 aromatic carbocycles. The fourth-order valence-electron chi connectivity index (χ4n) is 1.90. The highest BCUT2D eigenvalue weighted by atomic mass is 16.5. The van der Waals surface area contributed by atoms with E-state index in [0.717, 1.165) is 22.8 Å². The van der Waals surface area contributed by atoms with Crippen molar-refractivity contribution >= 4 is 0 Å². The first-order chi connectivity index (χ1) is 9.72. The molecule has 0 aromatic heterocycles. The largest absolute Gasteiger partial charge is 0.494 e. The zero-order valence-electron chi connectivity index (χ0n) is 11.9. The van der Waals surface area contributed by atoms with E-state index < -0.39 is 6.10 Å². The smallest absolute Gasteiger partial charge is 0.127 e. The van der Waals surface area contributed by atoms with Gasteiger partial charge in [0.05, 0.1) is 12.7 Å². The van der Waals surface area contributed by atoms with Crippen molar-refractivity contribution in [2.24, 2.45) is 0 Å². The van der Waals surface area contributed by atoms with Crippen LogP contribution in [-0.2, 0) is 0 Å². The maximum absolute atomic E-state index is 9.74. The summed E-state index contributed by atoms with van der Waals surface area (Å²) in [6, 6.07) is 15.0. The lowest BCUT2D eigenvalue weighted by molar-refractivity contribution is 0.173. The molecule has 0 aliphatic carbocycles. The molecule has 1 unspecified atom stereocenters. The van der Waals surface area contributed by atoms with Gasteiger partial charge in [0, 0.05) is 0 Å². The molecular weight excluding hydrogens is 252 g/mol. The van der Waals surface area contributed by atoms with Gasteiger partial charge < -0.3 is 14.6 Å². The van der Waals surface area contributed by atoms with Gasteiger partial charge in [0.1, 0.15) is 17.2 Å². The van der Waals surface area contributed by atoms with Crippen LogP contribution >= 0.6 is 0 Å². The van der Waals surface area contributed by atoms with Gasteiger partial charge in [0.25, 0.3) is 0 Å². The third-order valence-electron chi connectivity index (χ3n) is 3.02. The van der Waals surface area contributed by atoms with Crippen LogP contribution in [0.15, 0.2) is 48.5 Å². The first-order valence-electron chi connectivity index (χ1n) is 6.91. The number of hydrogen-bond acceptors (Lipinski definition) is 3. The Morgan fingerprint density at radius 3 is 1.85 bits per heavy atom. The van der Waals surface area contributed by atoms with Crippen molar-refractivity contribution in [1.29, 1.82) is 0 Å². The molecule has 0 heterocycles. The zero-order valence-corrected chi connectivity index (χ0v) is 11.9. The highest BCUT2D eigenvalue weighted by Gasteiger charge is 2.05. The molecule has 1 atom stereocenters. The van der Waals surface area contributed by atoms with Crippen molar-refractivity contribution < 1.29 is 14.6 Å². The van der Waals surface area contributed by atoms with E-state index >= 15 is 0 Å². The lowest BCUT2D eigenvalue weighted by Gasteiger charge is -2.10. The Kier molecular flexibility index (Phi) is 5.02. The van der Waals surface area contributed by atoms with Gasteiger partial charge in [-0.05, 0) is 55.3 Å². The molecule has 20 heavy (non-hydrogen) atoms. The second kappa shape index (κ2) is 6.96. The number of aliphatic hydroxyl groups excluding tert-OH is 1. The van der Waals surface area contributed by atoms with E-state index in [9.17, 15) is 5.11 Å². The molecule has 0 aliphatic heterocycles. The molecule has 0 saturated heterocycles. The summed E-state index contributed by atoms with van der Waals surface area (Å²) < 4.78 is 11.1. The van der Waals surface area contributed by atoms with Crippen molar-refractivity contribution in [3.8, 4) is 17.2 Å². The Balaban J connectivity index is 2.02. The van der Waals surface area contributed by atoms with Gasteiger partial charge in [-0.3, -0.25) is 0 Å². The van der Waals surface area contributed by atoms with Crippen molar-refractivity contribution in [1.82, 2.24) is 0 Å². The molecule has 0 fully saturated rings. The summed E-state index contributed by atoms with van der Waals surface area (Å²) in [5.74, 6) is 2.35. The minimum Gasteiger partial charge on any atom is -0.494 e. The fourth-order valence-corrected chi connectivity index (χ4v) is 1.90. The van der Waals surface area contributed by atoms with E-state index in [2.05, 4.69) is 0 Å². The first-order valence-corrected chi connectivity index (χ1v) is 6.91. The second-order valence-corrected chi connectivity index (χ2v) is 4.50. The average molecular weight is 272 g/mol. The van der Waals surface area contributed by atoms with Gasteiger partial charge in [-0.1, -0.05) is 19.1 Å². The molecule has 0 bridgehead atoms. The summed E-state index contributed by atoms with van der Waals surface area (Å²) in [5.41, 5.74) is 0.909. The number of benzene rings is 2. The van der Waals surface area contributed by atoms with Crippen LogP contribution in [0.1, 0.15) is 31.9 Å². The molecule has 0 spiro atoms. The highest BCUT2D eigenvalue weighted by molar-refractivity contribution is 5.36. The Bertz CT molecular complexity index is 517. The molecule has 3 nitrogen and oxygen atoms in total. The maximum Gasteiger partial charge on any atom is 0.127 e. The van der Waals surface area contributed by atoms with Gasteiger partial charge in [-0.25, -0.2) is 0 Å². The topological polar surface area (TPSA) is 38.7 Å². The minimum absolute atomic E-state index is 0.408. The van der Waals surface area contributed by atoms with Crippen molar-refractivity contribution in [2.75, 3.05) is 6.61 Å². The quantitative estimate of drug-likeness (QED) is 0.851. The summed E-state index contributed by atoms with van der Waals surface area (Å²) >= 11 is 0. The predicted octanol–water partition coefficient (Wildman–Crippen LogP) is 4.32. The van der Waals surface area contributed by atoms with Crippen LogP contribution in [0.5, 0.6) is 17.2 Å². The van der Waals surface area contributed by atoms with Crippen LogP contribution < -0.4 is 9.47 Å². The third-order valence-corrected chi connectivity index (χ3v) is 3.02. The summed E-state index contributed by atoms with van der Waals surface area (Å²) in [6.07, 6.45) is 0.300. The molecule has 1 N–H and O–H groups in total. The van der Waals surface area contributed by atoms with Crippen LogP contribution in [0, 0.1) is 0 Å². The Hall–Kier alpha value is -2.00. The average Bonchev–Trinajstić information content (AvgIpc) is 2.49. The van der Waals surface area contributed by atoms with E-state index in [0.29, 0.717) is 13.0 Å². The van der Waals surface area contributed by atoms with Gasteiger partial charge in [0.15, 0.2) is 0 Å². The van der Waals surface area contributed by atoms with E-state index in [1.807, 2.05) is 62.4 Å². The monoisotopic (exact) mass is 272 g/mol. The minimum atomic E-state index is -0.408. The fraction of sp³-hybridized carbons (Fsp3) is 0.294. The first kappa shape index (κ1) is 14.4. The van der Waals surface area contributed by atoms with Crippen LogP contribution in [0.4, 0.5) is 0 Å². The van der Waals surface area contributed by atoms with Crippen LogP contribution in [-0.4, -0.2) is 11.7 Å². The van der Waals surface area contributed by atoms with E-state index in [1.54, 1.807) is 0 Å². The standard InChI is InChI=1S/C17H20O3/c1-3-17(18)13-5-7-15(8-6-13)20-16-11-9-14(10-12-16)19-4-2/h5-12,17-18H,3-4H2,1-2H3. The second-order valence-electron chi connectivity index (χ2n) is 4.50. The molecule has 3 heteroatoms. The molecule has 0 aliphatic rings. The normalized spacial score (nSPS) is 11.9. The lowest BCUT2D eigenvalue weighted by Crippen LogP contribution is -1.94. The number of ether oxygens (including phenoxy) is 2. The van der Waals surface area contributed by atoms with Crippen molar-refractivity contribution in [3.05, 3.63) is 54.1 Å². The highest BCUT2D eigenvalue weighted by Crippen LogP contribution is 2.25. The van der Waals surface area contributed by atoms with Crippen LogP contribution in [0.2, 0.25) is 0 Å². The Labute approximate surface area is 119 Å². The Morgan fingerprint density at radius 1 is 0.850 bits per heavy atom. The van der Waals surface area contributed by atoms with Gasteiger partial charge in [0.2, 0.25) is 0 Å². The SMILES string of the molecule is CCOc1ccc(Oc2ccc(C(O)CC)cc2)cc1. The van der Waals surface area contributed by atoms with E-state index in [-0.39, 0.29) is 0 Å².